The van der Waals surface area contributed by atoms with Gasteiger partial charge in [0.05, 0.1) is 11.1 Å². The fraction of sp³-hybridized carbons (Fsp3) is 0.500. The minimum Gasteiger partial charge on any atom is -0.316 e. The lowest BCUT2D eigenvalue weighted by atomic mass is 9.78. The predicted molar refractivity (Wildman–Crippen MR) is 94.9 cm³/mol. The molecule has 3 fully saturated rings. The van der Waals surface area contributed by atoms with Gasteiger partial charge in [0.25, 0.3) is 11.8 Å². The third-order valence-corrected chi connectivity index (χ3v) is 6.73. The molecule has 4 amide bonds. The molecular formula is C20H19F2N3O4. The van der Waals surface area contributed by atoms with Crippen LogP contribution in [0.15, 0.2) is 6.07 Å². The highest BCUT2D eigenvalue weighted by Gasteiger charge is 2.50. The number of rotatable bonds is 2. The summed E-state index contributed by atoms with van der Waals surface area (Å²) in [7, 11) is 0. The average molecular weight is 403 g/mol. The van der Waals surface area contributed by atoms with Gasteiger partial charge in [-0.05, 0) is 61.7 Å². The van der Waals surface area contributed by atoms with Crippen LogP contribution in [0, 0.1) is 23.5 Å². The van der Waals surface area contributed by atoms with E-state index < -0.39 is 46.9 Å². The van der Waals surface area contributed by atoms with Gasteiger partial charge in [-0.2, -0.15) is 0 Å². The van der Waals surface area contributed by atoms with Gasteiger partial charge in [-0.25, -0.2) is 8.78 Å². The van der Waals surface area contributed by atoms with Crippen LogP contribution >= 0.6 is 0 Å². The van der Waals surface area contributed by atoms with Crippen LogP contribution in [0.1, 0.15) is 57.9 Å². The minimum atomic E-state index is -1.36. The molecule has 29 heavy (non-hydrogen) atoms. The largest absolute Gasteiger partial charge is 0.316 e. The Labute approximate surface area is 164 Å². The van der Waals surface area contributed by atoms with Crippen LogP contribution < -0.4 is 10.6 Å². The molecule has 1 unspecified atom stereocenters. The molecule has 3 aliphatic heterocycles. The Bertz CT molecular complexity index is 963. The first-order valence-corrected chi connectivity index (χ1v) is 9.82. The summed E-state index contributed by atoms with van der Waals surface area (Å²) in [6.07, 6.45) is 1.75. The van der Waals surface area contributed by atoms with Crippen LogP contribution in [0.5, 0.6) is 0 Å². The van der Waals surface area contributed by atoms with Crippen LogP contribution in [0.3, 0.4) is 0 Å². The first kappa shape index (κ1) is 18.4. The molecule has 2 N–H and O–H groups in total. The summed E-state index contributed by atoms with van der Waals surface area (Å²) >= 11 is 0. The number of imide groups is 2. The van der Waals surface area contributed by atoms with Crippen molar-refractivity contribution >= 4 is 23.6 Å². The fourth-order valence-corrected chi connectivity index (χ4v) is 5.48. The van der Waals surface area contributed by atoms with E-state index in [2.05, 4.69) is 10.6 Å². The second kappa shape index (κ2) is 6.41. The van der Waals surface area contributed by atoms with E-state index in [4.69, 9.17) is 0 Å². The van der Waals surface area contributed by atoms with Crippen molar-refractivity contribution in [3.05, 3.63) is 34.4 Å². The molecule has 1 aromatic carbocycles. The molecule has 7 nitrogen and oxygen atoms in total. The van der Waals surface area contributed by atoms with Crippen molar-refractivity contribution in [3.8, 4) is 0 Å². The van der Waals surface area contributed by atoms with Gasteiger partial charge in [-0.15, -0.1) is 0 Å². The summed E-state index contributed by atoms with van der Waals surface area (Å²) in [4.78, 5) is 50.5. The Balaban J connectivity index is 1.61. The zero-order valence-corrected chi connectivity index (χ0v) is 15.5. The number of amides is 4. The Hall–Kier alpha value is -2.68. The summed E-state index contributed by atoms with van der Waals surface area (Å²) in [5.74, 6) is -5.39. The quantitative estimate of drug-likeness (QED) is 0.721. The highest BCUT2D eigenvalue weighted by atomic mass is 19.2. The number of nitrogens with zero attached hydrogens (tertiary/aromatic N) is 1. The fourth-order valence-electron chi connectivity index (χ4n) is 5.48. The SMILES string of the molecule is O=C1CCC(N2C(=O)c3c([C@@H]4[C@@H]5CC[C@H]4CNC5)cc(F)c(F)c3C2=O)C(=O)N1. The van der Waals surface area contributed by atoms with Gasteiger partial charge in [0.1, 0.15) is 6.04 Å². The van der Waals surface area contributed by atoms with E-state index in [1.54, 1.807) is 0 Å². The molecule has 152 valence electrons. The van der Waals surface area contributed by atoms with E-state index >= 15 is 0 Å². The summed E-state index contributed by atoms with van der Waals surface area (Å²) in [6.45, 7) is 1.43. The van der Waals surface area contributed by atoms with E-state index in [0.29, 0.717) is 23.6 Å². The van der Waals surface area contributed by atoms with Crippen LogP contribution in [0.25, 0.3) is 0 Å². The lowest BCUT2D eigenvalue weighted by Crippen LogP contribution is -2.54. The van der Waals surface area contributed by atoms with Gasteiger partial charge in [0, 0.05) is 6.42 Å². The molecule has 3 heterocycles. The highest BCUT2D eigenvalue weighted by molar-refractivity contribution is 6.24. The molecule has 0 radical (unpaired) electrons. The molecule has 0 aromatic heterocycles. The molecule has 5 rings (SSSR count). The monoisotopic (exact) mass is 403 g/mol. The second-order valence-corrected chi connectivity index (χ2v) is 8.24. The number of fused-ring (bicyclic) bond motifs is 3. The van der Waals surface area contributed by atoms with E-state index in [-0.39, 0.29) is 36.2 Å². The van der Waals surface area contributed by atoms with E-state index in [9.17, 15) is 28.0 Å². The summed E-state index contributed by atoms with van der Waals surface area (Å²) in [6, 6.07) is -0.158. The first-order chi connectivity index (χ1) is 13.9. The van der Waals surface area contributed by atoms with Crippen molar-refractivity contribution in [2.75, 3.05) is 13.1 Å². The zero-order valence-electron chi connectivity index (χ0n) is 15.5. The number of hydrogen-bond donors (Lipinski definition) is 2. The Morgan fingerprint density at radius 1 is 0.931 bits per heavy atom. The molecule has 2 bridgehead atoms. The number of piperidine rings is 2. The molecule has 1 saturated carbocycles. The van der Waals surface area contributed by atoms with Crippen LogP contribution in [-0.2, 0) is 9.59 Å². The smallest absolute Gasteiger partial charge is 0.265 e. The third-order valence-electron chi connectivity index (χ3n) is 6.73. The normalized spacial score (nSPS) is 31.3. The number of hydrogen-bond acceptors (Lipinski definition) is 5. The van der Waals surface area contributed by atoms with Crippen molar-refractivity contribution in [3.63, 3.8) is 0 Å². The standard InChI is InChI=1S/C20H19F2N3O4/c21-11-5-10(14-8-1-2-9(14)7-23-6-8)15-16(17(11)22)20(29)25(19(15)28)12-3-4-13(26)24-18(12)27/h5,8-9,12,14,23H,1-4,6-7H2,(H,24,26,27)/t8-,9+,12?,14-. The van der Waals surface area contributed by atoms with Gasteiger partial charge in [-0.3, -0.25) is 29.4 Å². The van der Waals surface area contributed by atoms with Gasteiger partial charge in [0.15, 0.2) is 11.6 Å². The molecule has 4 atom stereocenters. The third kappa shape index (κ3) is 2.56. The zero-order chi connectivity index (χ0) is 20.4. The Morgan fingerprint density at radius 3 is 2.24 bits per heavy atom. The van der Waals surface area contributed by atoms with Crippen molar-refractivity contribution < 1.29 is 28.0 Å². The van der Waals surface area contributed by atoms with Gasteiger partial charge >= 0.3 is 0 Å². The summed E-state index contributed by atoms with van der Waals surface area (Å²) in [5.41, 5.74) is -0.351. The van der Waals surface area contributed by atoms with Crippen molar-refractivity contribution in [2.45, 2.75) is 37.6 Å². The van der Waals surface area contributed by atoms with Gasteiger partial charge < -0.3 is 5.32 Å². The summed E-state index contributed by atoms with van der Waals surface area (Å²) < 4.78 is 29.1. The van der Waals surface area contributed by atoms with Gasteiger partial charge in [0.2, 0.25) is 11.8 Å². The number of benzene rings is 1. The van der Waals surface area contributed by atoms with Crippen molar-refractivity contribution in [1.29, 1.82) is 0 Å². The molecule has 1 aliphatic carbocycles. The average Bonchev–Trinajstić information content (AvgIpc) is 3.08. The molecule has 9 heteroatoms. The maximum absolute atomic E-state index is 14.6. The maximum atomic E-state index is 14.6. The number of nitrogens with one attached hydrogen (secondary N) is 2. The van der Waals surface area contributed by atoms with Crippen molar-refractivity contribution in [2.24, 2.45) is 11.8 Å². The van der Waals surface area contributed by atoms with E-state index in [0.717, 1.165) is 18.9 Å². The van der Waals surface area contributed by atoms with E-state index in [1.165, 1.54) is 0 Å². The molecule has 2 saturated heterocycles. The second-order valence-electron chi connectivity index (χ2n) is 8.24. The molecule has 1 aromatic rings. The van der Waals surface area contributed by atoms with Crippen molar-refractivity contribution in [1.82, 2.24) is 15.5 Å². The van der Waals surface area contributed by atoms with Crippen LogP contribution in [0.4, 0.5) is 8.78 Å². The lowest BCUT2D eigenvalue weighted by molar-refractivity contribution is -0.136. The maximum Gasteiger partial charge on any atom is 0.265 e. The summed E-state index contributed by atoms with van der Waals surface area (Å²) in [5, 5.41) is 5.42. The topological polar surface area (TPSA) is 95.6 Å². The Morgan fingerprint density at radius 2 is 1.59 bits per heavy atom. The van der Waals surface area contributed by atoms with Crippen LogP contribution in [-0.4, -0.2) is 47.7 Å². The first-order valence-electron chi connectivity index (χ1n) is 9.82. The number of halogens is 2. The molecule has 0 spiro atoms. The predicted octanol–water partition coefficient (Wildman–Crippen LogP) is 1.08. The minimum absolute atomic E-state index is 0.0336. The number of carbonyl (C=O) groups excluding carboxylic acids is 4. The number of carbonyl (C=O) groups is 4. The highest BCUT2D eigenvalue weighted by Crippen LogP contribution is 2.49. The Kier molecular flexibility index (Phi) is 4.06. The lowest BCUT2D eigenvalue weighted by Gasteiger charge is -2.32. The van der Waals surface area contributed by atoms with Crippen LogP contribution in [0.2, 0.25) is 0 Å². The van der Waals surface area contributed by atoms with E-state index in [1.807, 2.05) is 0 Å². The van der Waals surface area contributed by atoms with Gasteiger partial charge in [-0.1, -0.05) is 0 Å². The molecule has 4 aliphatic rings. The molecular weight excluding hydrogens is 384 g/mol.